The van der Waals surface area contributed by atoms with E-state index in [2.05, 4.69) is 36.0 Å². The molecule has 0 saturated heterocycles. The second kappa shape index (κ2) is 15.3. The summed E-state index contributed by atoms with van der Waals surface area (Å²) in [6.07, 6.45) is 0.0305. The number of halogens is 3. The number of rotatable bonds is 15. The zero-order valence-electron chi connectivity index (χ0n) is 25.7. The van der Waals surface area contributed by atoms with E-state index < -0.39 is 31.1 Å². The Balaban J connectivity index is 1.66. The minimum atomic E-state index is -4.86. The molecule has 3 aromatic heterocycles. The second-order valence-electron chi connectivity index (χ2n) is 10.0. The van der Waals surface area contributed by atoms with Gasteiger partial charge in [-0.3, -0.25) is 14.0 Å². The highest BCUT2D eigenvalue weighted by Crippen LogP contribution is 2.46. The molecule has 4 aromatic rings. The molecule has 0 fully saturated rings. The summed E-state index contributed by atoms with van der Waals surface area (Å²) < 4.78 is 66.3. The van der Waals surface area contributed by atoms with E-state index in [1.165, 1.54) is 44.5 Å². The highest BCUT2D eigenvalue weighted by atomic mass is 31.2. The van der Waals surface area contributed by atoms with E-state index in [4.69, 9.17) is 14.4 Å². The molecule has 1 amide bonds. The van der Waals surface area contributed by atoms with Crippen molar-refractivity contribution in [2.45, 2.75) is 38.6 Å². The standard InChI is InChI=1S/C29H34F3N8O6P/c1-4-46-47(43,44)17-18-7-8-22(24(13-18)45-3)38-28-34-15-20(29(30,31)32)26(39-28)37-23-10-9-21(36-25(23)27(42)33-2)19-14-35-40(16-19)11-5-6-12-41/h7-10,13-16,41H,4-6,11-12,17H2,1-3H3,(H,33,42)(H,43,44)(H2,34,37,38,39). The first-order valence-corrected chi connectivity index (χ1v) is 16.1. The first-order chi connectivity index (χ1) is 22.4. The van der Waals surface area contributed by atoms with Crippen LogP contribution in [0.5, 0.6) is 5.75 Å². The number of aliphatic hydroxyl groups is 1. The maximum Gasteiger partial charge on any atom is 0.421 e. The number of alkyl halides is 3. The molecule has 4 rings (SSSR count). The van der Waals surface area contributed by atoms with Gasteiger partial charge in [0.05, 0.1) is 43.1 Å². The fourth-order valence-electron chi connectivity index (χ4n) is 4.42. The Kier molecular flexibility index (Phi) is 11.5. The van der Waals surface area contributed by atoms with Crippen LogP contribution in [0.15, 0.2) is 48.9 Å². The molecule has 252 valence electrons. The summed E-state index contributed by atoms with van der Waals surface area (Å²) >= 11 is 0. The highest BCUT2D eigenvalue weighted by Gasteiger charge is 2.36. The van der Waals surface area contributed by atoms with Gasteiger partial charge in [-0.15, -0.1) is 0 Å². The maximum absolute atomic E-state index is 14.1. The maximum atomic E-state index is 14.1. The number of methoxy groups -OCH3 is 1. The molecule has 0 saturated carbocycles. The Bertz CT molecular complexity index is 1750. The lowest BCUT2D eigenvalue weighted by atomic mass is 10.1. The van der Waals surface area contributed by atoms with Gasteiger partial charge >= 0.3 is 13.8 Å². The first kappa shape index (κ1) is 35.3. The smallest absolute Gasteiger partial charge is 0.421 e. The summed E-state index contributed by atoms with van der Waals surface area (Å²) in [6, 6.07) is 7.44. The van der Waals surface area contributed by atoms with E-state index in [0.717, 1.165) is 0 Å². The molecule has 0 radical (unpaired) electrons. The molecule has 18 heteroatoms. The molecule has 14 nitrogen and oxygen atoms in total. The summed E-state index contributed by atoms with van der Waals surface area (Å²) in [6.45, 7) is 2.26. The number of aromatic nitrogens is 5. The van der Waals surface area contributed by atoms with Gasteiger partial charge in [0.1, 0.15) is 17.1 Å². The monoisotopic (exact) mass is 678 g/mol. The number of amides is 1. The Labute approximate surface area is 267 Å². The van der Waals surface area contributed by atoms with Crippen molar-refractivity contribution >= 4 is 36.6 Å². The van der Waals surface area contributed by atoms with E-state index in [1.54, 1.807) is 24.0 Å². The number of benzene rings is 1. The molecule has 3 heterocycles. The Morgan fingerprint density at radius 3 is 2.53 bits per heavy atom. The quantitative estimate of drug-likeness (QED) is 0.0829. The van der Waals surface area contributed by atoms with Crippen molar-refractivity contribution in [2.24, 2.45) is 0 Å². The van der Waals surface area contributed by atoms with Gasteiger partial charge in [0, 0.05) is 38.2 Å². The van der Waals surface area contributed by atoms with Crippen molar-refractivity contribution in [3.05, 3.63) is 65.7 Å². The predicted molar refractivity (Wildman–Crippen MR) is 167 cm³/mol. The summed E-state index contributed by atoms with van der Waals surface area (Å²) in [5.74, 6) is -1.35. The number of nitrogens with zero attached hydrogens (tertiary/aromatic N) is 5. The van der Waals surface area contributed by atoms with Crippen molar-refractivity contribution in [1.82, 2.24) is 30.0 Å². The molecule has 0 aliphatic carbocycles. The number of hydrogen-bond donors (Lipinski definition) is 5. The summed E-state index contributed by atoms with van der Waals surface area (Å²) in [5, 5.41) is 21.1. The SMILES string of the molecule is CCOP(=O)(O)Cc1ccc(Nc2ncc(C(F)(F)F)c(Nc3ccc(-c4cnn(CCCCO)c4)nc3C(=O)NC)n2)c(OC)c1. The van der Waals surface area contributed by atoms with Crippen LogP contribution in [0.3, 0.4) is 0 Å². The molecular weight excluding hydrogens is 644 g/mol. The molecule has 1 unspecified atom stereocenters. The number of pyridine rings is 1. The van der Waals surface area contributed by atoms with Crippen LogP contribution in [0, 0.1) is 0 Å². The van der Waals surface area contributed by atoms with Crippen molar-refractivity contribution in [2.75, 3.05) is 38.0 Å². The Hall–Kier alpha value is -4.57. The molecule has 5 N–H and O–H groups in total. The van der Waals surface area contributed by atoms with Gasteiger partial charge in [-0.2, -0.15) is 23.3 Å². The average Bonchev–Trinajstić information content (AvgIpc) is 3.50. The molecule has 0 spiro atoms. The van der Waals surface area contributed by atoms with Crippen LogP contribution in [0.25, 0.3) is 11.3 Å². The van der Waals surface area contributed by atoms with Crippen LogP contribution in [-0.4, -0.2) is 68.0 Å². The third-order valence-corrected chi connectivity index (χ3v) is 8.06. The number of ether oxygens (including phenoxy) is 1. The third kappa shape index (κ3) is 9.25. The minimum absolute atomic E-state index is 0.0510. The summed E-state index contributed by atoms with van der Waals surface area (Å²) in [4.78, 5) is 35.1. The second-order valence-corrected chi connectivity index (χ2v) is 11.9. The van der Waals surface area contributed by atoms with Crippen molar-refractivity contribution in [3.63, 3.8) is 0 Å². The number of carbonyl (C=O) groups is 1. The molecule has 47 heavy (non-hydrogen) atoms. The van der Waals surface area contributed by atoms with Crippen LogP contribution in [-0.2, 0) is 28.0 Å². The lowest BCUT2D eigenvalue weighted by Gasteiger charge is -2.17. The van der Waals surface area contributed by atoms with Gasteiger partial charge in [0.15, 0.2) is 5.69 Å². The third-order valence-electron chi connectivity index (χ3n) is 6.63. The van der Waals surface area contributed by atoms with Crippen molar-refractivity contribution in [3.8, 4) is 17.0 Å². The first-order valence-electron chi connectivity index (χ1n) is 14.4. The molecular formula is C29H34F3N8O6P. The largest absolute Gasteiger partial charge is 0.495 e. The van der Waals surface area contributed by atoms with Crippen molar-refractivity contribution in [1.29, 1.82) is 0 Å². The number of unbranched alkanes of at least 4 members (excludes halogenated alkanes) is 1. The van der Waals surface area contributed by atoms with E-state index in [9.17, 15) is 27.4 Å². The van der Waals surface area contributed by atoms with E-state index in [1.807, 2.05) is 0 Å². The molecule has 1 aromatic carbocycles. The van der Waals surface area contributed by atoms with Gasteiger partial charge in [0.2, 0.25) is 5.95 Å². The fourth-order valence-corrected chi connectivity index (χ4v) is 5.58. The Morgan fingerprint density at radius 2 is 1.85 bits per heavy atom. The molecule has 0 aliphatic heterocycles. The fraction of sp³-hybridized carbons (Fsp3) is 0.345. The zero-order valence-corrected chi connectivity index (χ0v) is 26.6. The lowest BCUT2D eigenvalue weighted by Crippen LogP contribution is -2.21. The molecule has 1 atom stereocenters. The van der Waals surface area contributed by atoms with E-state index in [-0.39, 0.29) is 48.1 Å². The average molecular weight is 679 g/mol. The number of anilines is 4. The van der Waals surface area contributed by atoms with Gasteiger partial charge in [-0.05, 0) is 49.6 Å². The van der Waals surface area contributed by atoms with Gasteiger partial charge in [0.25, 0.3) is 5.91 Å². The van der Waals surface area contributed by atoms with Crippen LogP contribution in [0.1, 0.15) is 41.4 Å². The van der Waals surface area contributed by atoms with Gasteiger partial charge in [-0.25, -0.2) is 9.97 Å². The van der Waals surface area contributed by atoms with Crippen LogP contribution in [0.2, 0.25) is 0 Å². The van der Waals surface area contributed by atoms with Gasteiger partial charge in [-0.1, -0.05) is 6.07 Å². The van der Waals surface area contributed by atoms with Crippen molar-refractivity contribution < 1.29 is 41.8 Å². The highest BCUT2D eigenvalue weighted by molar-refractivity contribution is 7.51. The van der Waals surface area contributed by atoms with E-state index in [0.29, 0.717) is 42.4 Å². The summed E-state index contributed by atoms with van der Waals surface area (Å²) in [7, 11) is -1.17. The van der Waals surface area contributed by atoms with Crippen LogP contribution >= 0.6 is 7.60 Å². The normalized spacial score (nSPS) is 12.8. The number of aliphatic hydroxyl groups excluding tert-OH is 1. The Morgan fingerprint density at radius 1 is 1.09 bits per heavy atom. The number of nitrogens with one attached hydrogen (secondary N) is 3. The van der Waals surface area contributed by atoms with E-state index >= 15 is 0 Å². The molecule has 0 bridgehead atoms. The topological polar surface area (TPSA) is 186 Å². The summed E-state index contributed by atoms with van der Waals surface area (Å²) in [5.41, 5.74) is 0.186. The van der Waals surface area contributed by atoms with Crippen LogP contribution < -0.4 is 20.7 Å². The zero-order chi connectivity index (χ0) is 34.2. The van der Waals surface area contributed by atoms with Gasteiger partial charge < -0.3 is 35.2 Å². The lowest BCUT2D eigenvalue weighted by molar-refractivity contribution is -0.137. The number of aryl methyl sites for hydroxylation is 1. The number of hydrogen-bond acceptors (Lipinski definition) is 11. The molecule has 0 aliphatic rings. The minimum Gasteiger partial charge on any atom is -0.495 e. The number of carbonyl (C=O) groups excluding carboxylic acids is 1. The predicted octanol–water partition coefficient (Wildman–Crippen LogP) is 5.10. The van der Waals surface area contributed by atoms with Crippen LogP contribution in [0.4, 0.5) is 36.3 Å².